The maximum Gasteiger partial charge on any atom is 0.0991 e. The summed E-state index contributed by atoms with van der Waals surface area (Å²) in [7, 11) is 0. The minimum atomic E-state index is 0.690. The molecule has 1 N–H and O–H groups in total. The molecule has 0 saturated heterocycles. The van der Waals surface area contributed by atoms with Crippen LogP contribution < -0.4 is 3.53 Å². The average molecular weight is 244 g/mol. The van der Waals surface area contributed by atoms with E-state index in [0.717, 1.165) is 5.69 Å². The lowest BCUT2D eigenvalue weighted by molar-refractivity contribution is 1.49. The predicted octanol–water partition coefficient (Wildman–Crippen LogP) is 2.32. The van der Waals surface area contributed by atoms with Gasteiger partial charge in [-0.3, -0.25) is 0 Å². The summed E-state index contributed by atoms with van der Waals surface area (Å²) in [4.78, 5) is 0. The molecule has 0 unspecified atom stereocenters. The highest BCUT2D eigenvalue weighted by atomic mass is 127. The Morgan fingerprint density at radius 1 is 1.30 bits per heavy atom. The molecule has 2 nitrogen and oxygen atoms in total. The second kappa shape index (κ2) is 3.42. The van der Waals surface area contributed by atoms with Crippen LogP contribution in [-0.4, -0.2) is 0 Å². The van der Waals surface area contributed by atoms with Gasteiger partial charge in [0.25, 0.3) is 0 Å². The molecular formula is C7H5IN2. The van der Waals surface area contributed by atoms with Crippen molar-refractivity contribution in [2.24, 2.45) is 0 Å². The van der Waals surface area contributed by atoms with Crippen molar-refractivity contribution in [2.45, 2.75) is 0 Å². The Labute approximate surface area is 73.4 Å². The van der Waals surface area contributed by atoms with Crippen LogP contribution in [0.15, 0.2) is 24.3 Å². The van der Waals surface area contributed by atoms with Crippen LogP contribution in [-0.2, 0) is 0 Å². The standard InChI is InChI=1S/C7H5IN2/c8-10-7-3-1-6(5-9)2-4-7/h1-4,10H. The zero-order valence-corrected chi connectivity index (χ0v) is 7.29. The Kier molecular flexibility index (Phi) is 2.51. The number of hydrogen-bond donors (Lipinski definition) is 1. The quantitative estimate of drug-likeness (QED) is 0.607. The number of benzene rings is 1. The first-order valence-electron chi connectivity index (χ1n) is 2.73. The van der Waals surface area contributed by atoms with Gasteiger partial charge in [-0.25, -0.2) is 0 Å². The fourth-order valence-corrected chi connectivity index (χ4v) is 0.967. The van der Waals surface area contributed by atoms with Crippen molar-refractivity contribution in [2.75, 3.05) is 3.53 Å². The summed E-state index contributed by atoms with van der Waals surface area (Å²) in [5.74, 6) is 0. The van der Waals surface area contributed by atoms with Crippen LogP contribution in [0.4, 0.5) is 5.69 Å². The highest BCUT2D eigenvalue weighted by Gasteiger charge is 1.88. The summed E-state index contributed by atoms with van der Waals surface area (Å²) >= 11 is 2.04. The van der Waals surface area contributed by atoms with E-state index < -0.39 is 0 Å². The maximum absolute atomic E-state index is 8.43. The van der Waals surface area contributed by atoms with E-state index in [0.29, 0.717) is 5.56 Å². The number of halogens is 1. The van der Waals surface area contributed by atoms with Crippen molar-refractivity contribution >= 4 is 28.6 Å². The third-order valence-electron chi connectivity index (χ3n) is 1.12. The fourth-order valence-electron chi connectivity index (χ4n) is 0.608. The van der Waals surface area contributed by atoms with Gasteiger partial charge in [0.2, 0.25) is 0 Å². The molecule has 0 heterocycles. The topological polar surface area (TPSA) is 35.8 Å². The van der Waals surface area contributed by atoms with Crippen LogP contribution in [0, 0.1) is 11.3 Å². The molecule has 0 aromatic heterocycles. The van der Waals surface area contributed by atoms with Crippen molar-refractivity contribution < 1.29 is 0 Å². The first kappa shape index (κ1) is 7.35. The maximum atomic E-state index is 8.43. The van der Waals surface area contributed by atoms with E-state index in [2.05, 4.69) is 3.53 Å². The number of anilines is 1. The van der Waals surface area contributed by atoms with Crippen molar-refractivity contribution in [1.82, 2.24) is 0 Å². The van der Waals surface area contributed by atoms with Crippen LogP contribution >= 0.6 is 22.9 Å². The van der Waals surface area contributed by atoms with Gasteiger partial charge in [-0.05, 0) is 24.3 Å². The minimum Gasteiger partial charge on any atom is -0.328 e. The molecule has 3 heteroatoms. The van der Waals surface area contributed by atoms with Crippen molar-refractivity contribution in [3.05, 3.63) is 29.8 Å². The van der Waals surface area contributed by atoms with Crippen molar-refractivity contribution in [3.63, 3.8) is 0 Å². The molecule has 0 saturated carbocycles. The lowest BCUT2D eigenvalue weighted by Crippen LogP contribution is -1.78. The third-order valence-corrected chi connectivity index (χ3v) is 1.75. The van der Waals surface area contributed by atoms with E-state index in [1.54, 1.807) is 12.1 Å². The molecule has 1 aromatic carbocycles. The van der Waals surface area contributed by atoms with E-state index >= 15 is 0 Å². The molecule has 1 rings (SSSR count). The number of nitrogens with zero attached hydrogens (tertiary/aromatic N) is 1. The molecule has 0 bridgehead atoms. The lowest BCUT2D eigenvalue weighted by Gasteiger charge is -1.94. The second-order valence-corrected chi connectivity index (χ2v) is 2.32. The highest BCUT2D eigenvalue weighted by molar-refractivity contribution is 14.1. The molecule has 1 aromatic rings. The highest BCUT2D eigenvalue weighted by Crippen LogP contribution is 2.09. The van der Waals surface area contributed by atoms with Gasteiger partial charge in [0.1, 0.15) is 0 Å². The Morgan fingerprint density at radius 3 is 2.30 bits per heavy atom. The van der Waals surface area contributed by atoms with Gasteiger partial charge in [-0.2, -0.15) is 5.26 Å². The minimum absolute atomic E-state index is 0.690. The summed E-state index contributed by atoms with van der Waals surface area (Å²) in [5, 5.41) is 8.43. The predicted molar refractivity (Wildman–Crippen MR) is 48.8 cm³/mol. The summed E-state index contributed by atoms with van der Waals surface area (Å²) in [6, 6.07) is 9.34. The summed E-state index contributed by atoms with van der Waals surface area (Å²) in [5.41, 5.74) is 1.70. The second-order valence-electron chi connectivity index (χ2n) is 1.78. The smallest absolute Gasteiger partial charge is 0.0991 e. The molecule has 0 spiro atoms. The normalized spacial score (nSPS) is 8.40. The van der Waals surface area contributed by atoms with Gasteiger partial charge < -0.3 is 3.53 Å². The largest absolute Gasteiger partial charge is 0.328 e. The van der Waals surface area contributed by atoms with E-state index in [1.165, 1.54) is 0 Å². The summed E-state index contributed by atoms with van der Waals surface area (Å²) in [6.45, 7) is 0. The van der Waals surface area contributed by atoms with E-state index in [9.17, 15) is 0 Å². The SMILES string of the molecule is N#Cc1ccc(NI)cc1. The molecule has 0 atom stereocenters. The Balaban J connectivity index is 2.93. The van der Waals surface area contributed by atoms with Crippen molar-refractivity contribution in [3.8, 4) is 6.07 Å². The summed E-state index contributed by atoms with van der Waals surface area (Å²) < 4.78 is 2.94. The molecule has 0 aliphatic carbocycles. The van der Waals surface area contributed by atoms with E-state index in [-0.39, 0.29) is 0 Å². The first-order valence-corrected chi connectivity index (χ1v) is 3.81. The first-order chi connectivity index (χ1) is 4.86. The van der Waals surface area contributed by atoms with Crippen LogP contribution in [0.25, 0.3) is 0 Å². The molecule has 0 fully saturated rings. The molecule has 10 heavy (non-hydrogen) atoms. The van der Waals surface area contributed by atoms with Crippen LogP contribution in [0.2, 0.25) is 0 Å². The van der Waals surface area contributed by atoms with Gasteiger partial charge >= 0.3 is 0 Å². The third kappa shape index (κ3) is 1.61. The van der Waals surface area contributed by atoms with Crippen LogP contribution in [0.3, 0.4) is 0 Å². The molecule has 0 aliphatic heterocycles. The fraction of sp³-hybridized carbons (Fsp3) is 0. The number of nitriles is 1. The molecule has 50 valence electrons. The zero-order chi connectivity index (χ0) is 7.40. The van der Waals surface area contributed by atoms with Crippen LogP contribution in [0.1, 0.15) is 5.56 Å². The average Bonchev–Trinajstić information content (AvgIpc) is 2.05. The monoisotopic (exact) mass is 244 g/mol. The van der Waals surface area contributed by atoms with Gasteiger partial charge in [0.05, 0.1) is 34.5 Å². The van der Waals surface area contributed by atoms with E-state index in [1.807, 2.05) is 41.1 Å². The molecular weight excluding hydrogens is 239 g/mol. The lowest BCUT2D eigenvalue weighted by atomic mass is 10.2. The number of rotatable bonds is 1. The molecule has 0 amide bonds. The zero-order valence-electron chi connectivity index (χ0n) is 5.13. The molecule has 0 aliphatic rings. The Morgan fingerprint density at radius 2 is 1.90 bits per heavy atom. The van der Waals surface area contributed by atoms with Gasteiger partial charge in [-0.15, -0.1) is 0 Å². The van der Waals surface area contributed by atoms with Crippen molar-refractivity contribution in [1.29, 1.82) is 5.26 Å². The van der Waals surface area contributed by atoms with Gasteiger partial charge in [0.15, 0.2) is 0 Å². The van der Waals surface area contributed by atoms with Gasteiger partial charge in [0, 0.05) is 5.69 Å². The Hall–Kier alpha value is -0.760. The van der Waals surface area contributed by atoms with Gasteiger partial charge in [-0.1, -0.05) is 0 Å². The number of hydrogen-bond acceptors (Lipinski definition) is 2. The number of nitrogens with one attached hydrogen (secondary N) is 1. The Bertz CT molecular complexity index is 247. The molecule has 0 radical (unpaired) electrons. The summed E-state index contributed by atoms with van der Waals surface area (Å²) in [6.07, 6.45) is 0. The van der Waals surface area contributed by atoms with Crippen LogP contribution in [0.5, 0.6) is 0 Å². The van der Waals surface area contributed by atoms with E-state index in [4.69, 9.17) is 5.26 Å².